The Balaban J connectivity index is 1.23. The Labute approximate surface area is 344 Å². The Bertz CT molecular complexity index is 2410. The van der Waals surface area contributed by atoms with E-state index < -0.39 is 16.1 Å². The Hall–Kier alpha value is -6.79. The molecule has 0 atom stereocenters. The second-order valence-corrected chi connectivity index (χ2v) is 22.8. The van der Waals surface area contributed by atoms with Gasteiger partial charge < -0.3 is 4.90 Å². The van der Waals surface area contributed by atoms with Crippen LogP contribution in [0, 0.1) is 0 Å². The molecule has 0 amide bonds. The summed E-state index contributed by atoms with van der Waals surface area (Å²) in [5, 5.41) is 11.1. The minimum absolute atomic E-state index is 0.835. The van der Waals surface area contributed by atoms with Crippen LogP contribution in [-0.2, 0) is 6.42 Å². The van der Waals surface area contributed by atoms with Crippen molar-refractivity contribution in [3.63, 3.8) is 0 Å². The van der Waals surface area contributed by atoms with Gasteiger partial charge in [0.05, 0.1) is 0 Å². The van der Waals surface area contributed by atoms with Gasteiger partial charge in [-0.3, -0.25) is 0 Å². The standard InChI is InChI=1S/C55H43NSi2/c1-8-22-45(23-9-1)56-54-38-36-52(57(46-24-10-2-11-25-46,47-26-12-3-13-27-47)48-28-14-4-15-29-48)41-43(54)40-44-42-53(37-39-55(44)56)58(49-30-16-5-17-31-49,50-32-18-6-19-33-50)51-34-20-7-21-35-51/h1-39,41-42H,40H2. The van der Waals surface area contributed by atoms with Crippen LogP contribution in [0.25, 0.3) is 0 Å². The molecule has 1 heterocycles. The van der Waals surface area contributed by atoms with Gasteiger partial charge in [-0.05, 0) is 76.9 Å². The van der Waals surface area contributed by atoms with E-state index in [0.717, 1.165) is 6.42 Å². The molecule has 0 aliphatic carbocycles. The third-order valence-corrected chi connectivity index (χ3v) is 21.7. The van der Waals surface area contributed by atoms with Crippen molar-refractivity contribution in [1.29, 1.82) is 0 Å². The fourth-order valence-electron chi connectivity index (χ4n) is 9.68. The molecule has 10 rings (SSSR count). The molecule has 9 aromatic carbocycles. The van der Waals surface area contributed by atoms with Crippen molar-refractivity contribution in [2.45, 2.75) is 6.42 Å². The molecule has 0 unspecified atom stereocenters. The van der Waals surface area contributed by atoms with E-state index in [9.17, 15) is 0 Å². The summed E-state index contributed by atoms with van der Waals surface area (Å²) >= 11 is 0. The lowest BCUT2D eigenvalue weighted by molar-refractivity contribution is 1.09. The largest absolute Gasteiger partial charge is 0.310 e. The second-order valence-electron chi connectivity index (χ2n) is 15.2. The predicted molar refractivity (Wildman–Crippen MR) is 251 cm³/mol. The molecule has 0 fully saturated rings. The van der Waals surface area contributed by atoms with Gasteiger partial charge in [-0.2, -0.15) is 0 Å². The molecular formula is C55H43NSi2. The Morgan fingerprint density at radius 3 is 0.793 bits per heavy atom. The molecule has 1 aliphatic heterocycles. The molecule has 0 radical (unpaired) electrons. The third kappa shape index (κ3) is 5.90. The van der Waals surface area contributed by atoms with Crippen LogP contribution in [0.5, 0.6) is 0 Å². The lowest BCUT2D eigenvalue weighted by Crippen LogP contribution is -2.74. The molecule has 0 aromatic heterocycles. The fraction of sp³-hybridized carbons (Fsp3) is 0.0182. The summed E-state index contributed by atoms with van der Waals surface area (Å²) in [5.74, 6) is 0. The minimum Gasteiger partial charge on any atom is -0.310 e. The molecule has 3 heteroatoms. The molecule has 0 N–H and O–H groups in total. The average molecular weight is 774 g/mol. The van der Waals surface area contributed by atoms with Crippen LogP contribution in [0.2, 0.25) is 0 Å². The van der Waals surface area contributed by atoms with Gasteiger partial charge in [0.1, 0.15) is 0 Å². The first-order valence-corrected chi connectivity index (χ1v) is 24.2. The zero-order valence-electron chi connectivity index (χ0n) is 32.3. The molecular weight excluding hydrogens is 731 g/mol. The van der Waals surface area contributed by atoms with Crippen molar-refractivity contribution in [2.75, 3.05) is 4.90 Å². The van der Waals surface area contributed by atoms with Gasteiger partial charge in [-0.1, -0.05) is 224 Å². The van der Waals surface area contributed by atoms with Crippen LogP contribution in [0.3, 0.4) is 0 Å². The Kier molecular flexibility index (Phi) is 9.38. The average Bonchev–Trinajstić information content (AvgIpc) is 3.31. The zero-order valence-corrected chi connectivity index (χ0v) is 34.3. The minimum atomic E-state index is -2.74. The molecule has 9 aromatic rings. The van der Waals surface area contributed by atoms with Gasteiger partial charge in [-0.25, -0.2) is 0 Å². The summed E-state index contributed by atoms with van der Waals surface area (Å²) in [5.41, 5.74) is 6.34. The molecule has 0 saturated heterocycles. The Morgan fingerprint density at radius 1 is 0.259 bits per heavy atom. The topological polar surface area (TPSA) is 3.24 Å². The van der Waals surface area contributed by atoms with E-state index in [2.05, 4.69) is 254 Å². The lowest BCUT2D eigenvalue weighted by Gasteiger charge is -2.39. The number of benzene rings is 9. The van der Waals surface area contributed by atoms with Gasteiger partial charge in [0.25, 0.3) is 0 Å². The van der Waals surface area contributed by atoms with E-state index in [-0.39, 0.29) is 0 Å². The van der Waals surface area contributed by atoms with E-state index in [1.807, 2.05) is 0 Å². The Morgan fingerprint density at radius 2 is 0.517 bits per heavy atom. The van der Waals surface area contributed by atoms with Gasteiger partial charge in [0.2, 0.25) is 0 Å². The molecule has 0 spiro atoms. The van der Waals surface area contributed by atoms with E-state index >= 15 is 0 Å². The highest BCUT2D eigenvalue weighted by Gasteiger charge is 2.44. The maximum absolute atomic E-state index is 2.74. The van der Waals surface area contributed by atoms with Gasteiger partial charge >= 0.3 is 0 Å². The first-order valence-electron chi connectivity index (χ1n) is 20.2. The summed E-state index contributed by atoms with van der Waals surface area (Å²) in [4.78, 5) is 2.50. The maximum Gasteiger partial charge on any atom is 0.179 e. The van der Waals surface area contributed by atoms with Crippen LogP contribution in [-0.4, -0.2) is 16.1 Å². The van der Waals surface area contributed by atoms with Crippen molar-refractivity contribution in [3.05, 3.63) is 260 Å². The molecule has 58 heavy (non-hydrogen) atoms. The van der Waals surface area contributed by atoms with Gasteiger partial charge in [0.15, 0.2) is 16.1 Å². The predicted octanol–water partition coefficient (Wildman–Crippen LogP) is 7.82. The van der Waals surface area contributed by atoms with Crippen molar-refractivity contribution in [2.24, 2.45) is 0 Å². The van der Waals surface area contributed by atoms with Gasteiger partial charge in [-0.15, -0.1) is 0 Å². The van der Waals surface area contributed by atoms with Gasteiger partial charge in [0, 0.05) is 23.5 Å². The number of anilines is 3. The maximum atomic E-state index is 2.57. The summed E-state index contributed by atoms with van der Waals surface area (Å²) in [6.45, 7) is 0. The monoisotopic (exact) mass is 773 g/mol. The van der Waals surface area contributed by atoms with Crippen LogP contribution in [0.4, 0.5) is 17.1 Å². The summed E-state index contributed by atoms with van der Waals surface area (Å²) < 4.78 is 0. The molecule has 1 nitrogen and oxygen atoms in total. The summed E-state index contributed by atoms with van der Waals surface area (Å²) in [6, 6.07) is 93.3. The van der Waals surface area contributed by atoms with Crippen molar-refractivity contribution in [3.8, 4) is 0 Å². The highest BCUT2D eigenvalue weighted by molar-refractivity contribution is 7.20. The lowest BCUT2D eigenvalue weighted by atomic mass is 9.95. The number of hydrogen-bond donors (Lipinski definition) is 0. The smallest absolute Gasteiger partial charge is 0.179 e. The van der Waals surface area contributed by atoms with Crippen LogP contribution < -0.4 is 46.4 Å². The normalized spacial score (nSPS) is 12.4. The third-order valence-electron chi connectivity index (χ3n) is 12.1. The highest BCUT2D eigenvalue weighted by atomic mass is 28.3. The molecule has 0 saturated carbocycles. The van der Waals surface area contributed by atoms with Crippen molar-refractivity contribution >= 4 is 74.7 Å². The highest BCUT2D eigenvalue weighted by Crippen LogP contribution is 2.43. The second kappa shape index (κ2) is 15.3. The van der Waals surface area contributed by atoms with Crippen LogP contribution in [0.15, 0.2) is 249 Å². The summed E-state index contributed by atoms with van der Waals surface area (Å²) in [7, 11) is -5.47. The molecule has 1 aliphatic rings. The molecule has 276 valence electrons. The number of rotatable bonds is 9. The fourth-order valence-corrected chi connectivity index (χ4v) is 19.3. The van der Waals surface area contributed by atoms with E-state index in [1.165, 1.54) is 69.7 Å². The number of nitrogens with zero attached hydrogens (tertiary/aromatic N) is 1. The first-order chi connectivity index (χ1) is 28.8. The van der Waals surface area contributed by atoms with E-state index in [4.69, 9.17) is 0 Å². The van der Waals surface area contributed by atoms with Crippen LogP contribution >= 0.6 is 0 Å². The molecule has 0 bridgehead atoms. The number of hydrogen-bond acceptors (Lipinski definition) is 1. The van der Waals surface area contributed by atoms with Crippen molar-refractivity contribution < 1.29 is 0 Å². The SMILES string of the molecule is c1ccc(N2c3ccc([Si](c4ccccc4)(c4ccccc4)c4ccccc4)cc3Cc3cc([Si](c4ccccc4)(c4ccccc4)c4ccccc4)ccc32)cc1. The first kappa shape index (κ1) is 35.6. The zero-order chi connectivity index (χ0) is 38.8. The van der Waals surface area contributed by atoms with Crippen LogP contribution in [0.1, 0.15) is 11.1 Å². The quantitative estimate of drug-likeness (QED) is 0.107. The van der Waals surface area contributed by atoms with Crippen molar-refractivity contribution in [1.82, 2.24) is 0 Å². The van der Waals surface area contributed by atoms with E-state index in [0.29, 0.717) is 0 Å². The number of fused-ring (bicyclic) bond motifs is 2. The summed E-state index contributed by atoms with van der Waals surface area (Å²) in [6.07, 6.45) is 0.835. The number of para-hydroxylation sites is 1. The van der Waals surface area contributed by atoms with E-state index in [1.54, 1.807) is 0 Å².